The van der Waals surface area contributed by atoms with Gasteiger partial charge in [-0.25, -0.2) is 0 Å². The molecule has 0 aliphatic rings. The Kier molecular flexibility index (Phi) is 9.14. The molecule has 1 atom stereocenters. The second-order valence-electron chi connectivity index (χ2n) is 6.34. The Hall–Kier alpha value is -0.740. The molecule has 0 aliphatic heterocycles. The van der Waals surface area contributed by atoms with E-state index in [9.17, 15) is 8.76 Å². The van der Waals surface area contributed by atoms with E-state index in [2.05, 4.69) is 32.9 Å². The molecule has 6 heteroatoms. The number of ether oxygens (including phenoxy) is 1. The minimum Gasteiger partial charge on any atom is -0.363 e. The van der Waals surface area contributed by atoms with Crippen molar-refractivity contribution in [2.45, 2.75) is 60.2 Å². The average Bonchev–Trinajstić information content (AvgIpc) is 2.83. The summed E-state index contributed by atoms with van der Waals surface area (Å²) in [7, 11) is -4.16. The highest BCUT2D eigenvalue weighted by Crippen LogP contribution is 2.49. The van der Waals surface area contributed by atoms with E-state index in [1.165, 1.54) is 11.1 Å². The van der Waals surface area contributed by atoms with Gasteiger partial charge in [-0.2, -0.15) is 4.20 Å². The Balaban J connectivity index is 2.46. The summed E-state index contributed by atoms with van der Waals surface area (Å²) in [6.07, 6.45) is 5.56. The normalized spacial score (nSPS) is 14.7. The molecule has 3 nitrogen and oxygen atoms in total. The van der Waals surface area contributed by atoms with E-state index in [1.54, 1.807) is 25.2 Å². The first kappa shape index (κ1) is 21.3. The molecule has 1 unspecified atom stereocenters. The third-order valence-electron chi connectivity index (χ3n) is 3.02. The smallest absolute Gasteiger partial charge is 0.363 e. The largest absolute Gasteiger partial charge is 0.392 e. The number of hydrogen-bond acceptors (Lipinski definition) is 4. The van der Waals surface area contributed by atoms with Crippen molar-refractivity contribution in [1.82, 2.24) is 0 Å². The predicted octanol–water partition coefficient (Wildman–Crippen LogP) is 6.96. The molecule has 1 heterocycles. The molecule has 0 saturated heterocycles. The van der Waals surface area contributed by atoms with Crippen molar-refractivity contribution >= 4 is 25.1 Å². The second-order valence-corrected chi connectivity index (χ2v) is 9.19. The lowest BCUT2D eigenvalue weighted by molar-refractivity contribution is 0.133. The standard InChI is InChI=1S/C18H28FO3PS/c1-14(2)7-6-8-16(5)11-17-9-10-18(24-17)12-21-13-23(19,20)22-15(3)4/h7,9-11,15H,6,8,12-13H2,1-5H3/b16-11+. The van der Waals surface area contributed by atoms with Gasteiger partial charge in [0.2, 0.25) is 0 Å². The van der Waals surface area contributed by atoms with Crippen molar-refractivity contribution in [3.8, 4) is 0 Å². The highest BCUT2D eigenvalue weighted by Gasteiger charge is 2.24. The molecule has 136 valence electrons. The molecule has 1 aromatic rings. The van der Waals surface area contributed by atoms with Crippen molar-refractivity contribution < 1.29 is 18.0 Å². The SMILES string of the molecule is CC(C)=CCC/C(C)=C/c1ccc(COCP(=O)(F)OC(C)C)s1. The van der Waals surface area contributed by atoms with Crippen LogP contribution in [0.3, 0.4) is 0 Å². The van der Waals surface area contributed by atoms with Gasteiger partial charge in [0.05, 0.1) is 12.7 Å². The van der Waals surface area contributed by atoms with Crippen molar-refractivity contribution in [2.24, 2.45) is 0 Å². The molecular formula is C18H28FO3PS. The third kappa shape index (κ3) is 9.53. The van der Waals surface area contributed by atoms with Gasteiger partial charge in [-0.1, -0.05) is 17.2 Å². The fourth-order valence-corrected chi connectivity index (χ4v) is 4.03. The highest BCUT2D eigenvalue weighted by atomic mass is 32.1. The number of allylic oxidation sites excluding steroid dienone is 3. The van der Waals surface area contributed by atoms with E-state index in [4.69, 9.17) is 9.26 Å². The zero-order valence-corrected chi connectivity index (χ0v) is 16.9. The van der Waals surface area contributed by atoms with Gasteiger partial charge in [0.25, 0.3) is 0 Å². The van der Waals surface area contributed by atoms with E-state index in [1.807, 2.05) is 12.1 Å². The molecule has 0 N–H and O–H groups in total. The Bertz CT molecular complexity index is 616. The minimum atomic E-state index is -4.16. The van der Waals surface area contributed by atoms with E-state index in [0.717, 1.165) is 22.6 Å². The zero-order chi connectivity index (χ0) is 18.2. The molecule has 0 aliphatic carbocycles. The Morgan fingerprint density at radius 2 is 2.04 bits per heavy atom. The molecule has 0 spiro atoms. The van der Waals surface area contributed by atoms with Crippen LogP contribution in [-0.4, -0.2) is 12.5 Å². The highest BCUT2D eigenvalue weighted by molar-refractivity contribution is 7.53. The molecule has 24 heavy (non-hydrogen) atoms. The van der Waals surface area contributed by atoms with Gasteiger partial charge in [0.1, 0.15) is 0 Å². The van der Waals surface area contributed by atoms with Crippen LogP contribution in [0.5, 0.6) is 0 Å². The Morgan fingerprint density at radius 1 is 1.33 bits per heavy atom. The fraction of sp³-hybridized carbons (Fsp3) is 0.556. The summed E-state index contributed by atoms with van der Waals surface area (Å²) >= 11 is 1.60. The molecule has 1 rings (SSSR count). The van der Waals surface area contributed by atoms with Gasteiger partial charge in [0, 0.05) is 9.75 Å². The van der Waals surface area contributed by atoms with Gasteiger partial charge in [-0.3, -0.25) is 4.57 Å². The summed E-state index contributed by atoms with van der Waals surface area (Å²) in [4.78, 5) is 2.12. The number of thiophene rings is 1. The van der Waals surface area contributed by atoms with E-state index in [0.29, 0.717) is 0 Å². The van der Waals surface area contributed by atoms with Crippen LogP contribution in [0.2, 0.25) is 0 Å². The van der Waals surface area contributed by atoms with E-state index >= 15 is 0 Å². The molecule has 0 fully saturated rings. The summed E-state index contributed by atoms with van der Waals surface area (Å²) < 4.78 is 35.0. The molecule has 0 bridgehead atoms. The van der Waals surface area contributed by atoms with Crippen molar-refractivity contribution in [1.29, 1.82) is 0 Å². The summed E-state index contributed by atoms with van der Waals surface area (Å²) in [5.74, 6) is 0. The maximum Gasteiger partial charge on any atom is 0.392 e. The lowest BCUT2D eigenvalue weighted by atomic mass is 10.1. The van der Waals surface area contributed by atoms with E-state index < -0.39 is 20.1 Å². The first-order valence-electron chi connectivity index (χ1n) is 8.12. The lowest BCUT2D eigenvalue weighted by Crippen LogP contribution is -2.02. The lowest BCUT2D eigenvalue weighted by Gasteiger charge is -2.12. The van der Waals surface area contributed by atoms with Gasteiger partial charge < -0.3 is 9.26 Å². The maximum absolute atomic E-state index is 13.6. The average molecular weight is 374 g/mol. The topological polar surface area (TPSA) is 35.5 Å². The molecule has 0 radical (unpaired) electrons. The predicted molar refractivity (Wildman–Crippen MR) is 101 cm³/mol. The Morgan fingerprint density at radius 3 is 2.67 bits per heavy atom. The van der Waals surface area contributed by atoms with Gasteiger partial charge in [-0.15, -0.1) is 11.3 Å². The van der Waals surface area contributed by atoms with Crippen LogP contribution in [0.15, 0.2) is 29.4 Å². The van der Waals surface area contributed by atoms with Gasteiger partial charge >= 0.3 is 7.68 Å². The monoisotopic (exact) mass is 374 g/mol. The maximum atomic E-state index is 13.6. The summed E-state index contributed by atoms with van der Waals surface area (Å²) in [5, 5.41) is 0. The van der Waals surface area contributed by atoms with Crippen molar-refractivity contribution in [3.63, 3.8) is 0 Å². The van der Waals surface area contributed by atoms with E-state index in [-0.39, 0.29) is 6.61 Å². The van der Waals surface area contributed by atoms with Crippen LogP contribution in [0.1, 0.15) is 57.2 Å². The number of halogens is 1. The van der Waals surface area contributed by atoms with Crippen LogP contribution in [0.25, 0.3) is 6.08 Å². The molecule has 1 aromatic heterocycles. The minimum absolute atomic E-state index is 0.241. The molecular weight excluding hydrogens is 346 g/mol. The quantitative estimate of drug-likeness (QED) is 0.328. The zero-order valence-electron chi connectivity index (χ0n) is 15.2. The number of hydrogen-bond donors (Lipinski definition) is 0. The van der Waals surface area contributed by atoms with Crippen LogP contribution in [0.4, 0.5) is 4.20 Å². The van der Waals surface area contributed by atoms with Gasteiger partial charge in [0.15, 0.2) is 6.35 Å². The van der Waals surface area contributed by atoms with Crippen LogP contribution in [-0.2, 0) is 20.4 Å². The van der Waals surface area contributed by atoms with Crippen molar-refractivity contribution in [3.05, 3.63) is 39.1 Å². The molecule has 0 saturated carbocycles. The second kappa shape index (κ2) is 10.3. The number of rotatable bonds is 10. The van der Waals surface area contributed by atoms with Crippen LogP contribution >= 0.6 is 19.0 Å². The first-order chi connectivity index (χ1) is 11.2. The van der Waals surface area contributed by atoms with Crippen molar-refractivity contribution in [2.75, 3.05) is 6.35 Å². The molecule has 0 amide bonds. The third-order valence-corrected chi connectivity index (χ3v) is 5.25. The fourth-order valence-electron chi connectivity index (χ4n) is 2.05. The van der Waals surface area contributed by atoms with Crippen LogP contribution < -0.4 is 0 Å². The van der Waals surface area contributed by atoms with Gasteiger partial charge in [-0.05, 0) is 65.7 Å². The molecule has 0 aromatic carbocycles. The summed E-state index contributed by atoms with van der Waals surface area (Å²) in [5.41, 5.74) is 2.66. The summed E-state index contributed by atoms with van der Waals surface area (Å²) in [6, 6.07) is 3.97. The van der Waals surface area contributed by atoms with Crippen LogP contribution in [0, 0.1) is 0 Å². The summed E-state index contributed by atoms with van der Waals surface area (Å²) in [6.45, 7) is 9.86. The first-order valence-corrected chi connectivity index (χ1v) is 10.6. The Labute approximate surface area is 149 Å².